The Morgan fingerprint density at radius 1 is 1.15 bits per heavy atom. The smallest absolute Gasteiger partial charge is 0.309 e. The van der Waals surface area contributed by atoms with Gasteiger partial charge in [0.05, 0.1) is 13.0 Å². The van der Waals surface area contributed by atoms with E-state index in [9.17, 15) is 9.90 Å². The van der Waals surface area contributed by atoms with Gasteiger partial charge in [-0.3, -0.25) is 9.69 Å². The number of carboxylic acids is 1. The standard InChI is InChI=1S/C27H33NO5/c1-17(2)13-18(3)11-12-28-15-22(20-7-10-23-24(14-20)33-16-32-23)25(27(29)30)26(28)19-5-8-21(31-4)9-6-19/h5-11,14,17,22,25-26H,12-13,15-16H2,1-4H3,(H,29,30)/t22-,25+,26-/m1/s1. The van der Waals surface area contributed by atoms with E-state index in [0.29, 0.717) is 30.5 Å². The minimum Gasteiger partial charge on any atom is -0.497 e. The van der Waals surface area contributed by atoms with E-state index in [4.69, 9.17) is 14.2 Å². The van der Waals surface area contributed by atoms with E-state index in [1.165, 1.54) is 5.57 Å². The van der Waals surface area contributed by atoms with Crippen LogP contribution in [-0.4, -0.2) is 43.0 Å². The van der Waals surface area contributed by atoms with Crippen LogP contribution in [0.4, 0.5) is 0 Å². The fourth-order valence-electron chi connectivity index (χ4n) is 5.10. The Hall–Kier alpha value is -2.99. The van der Waals surface area contributed by atoms with E-state index in [1.807, 2.05) is 42.5 Å². The van der Waals surface area contributed by atoms with Crippen molar-refractivity contribution in [2.24, 2.45) is 11.8 Å². The van der Waals surface area contributed by atoms with Crippen LogP contribution in [0.3, 0.4) is 0 Å². The predicted molar refractivity (Wildman–Crippen MR) is 127 cm³/mol. The molecule has 0 unspecified atom stereocenters. The van der Waals surface area contributed by atoms with Crippen molar-refractivity contribution in [1.82, 2.24) is 4.90 Å². The zero-order valence-electron chi connectivity index (χ0n) is 19.8. The predicted octanol–water partition coefficient (Wildman–Crippen LogP) is 5.26. The Morgan fingerprint density at radius 3 is 2.52 bits per heavy atom. The average Bonchev–Trinajstić information content (AvgIpc) is 3.41. The molecule has 2 aliphatic rings. The van der Waals surface area contributed by atoms with E-state index >= 15 is 0 Å². The van der Waals surface area contributed by atoms with E-state index in [2.05, 4.69) is 31.7 Å². The Bertz CT molecular complexity index is 1010. The highest BCUT2D eigenvalue weighted by Crippen LogP contribution is 2.47. The van der Waals surface area contributed by atoms with Crippen LogP contribution in [0.5, 0.6) is 17.2 Å². The molecule has 4 rings (SSSR count). The molecule has 2 aromatic carbocycles. The van der Waals surface area contributed by atoms with Crippen LogP contribution >= 0.6 is 0 Å². The van der Waals surface area contributed by atoms with Crippen molar-refractivity contribution in [3.05, 3.63) is 65.2 Å². The first-order chi connectivity index (χ1) is 15.9. The van der Waals surface area contributed by atoms with Gasteiger partial charge in [0.1, 0.15) is 5.75 Å². The zero-order valence-corrected chi connectivity index (χ0v) is 19.8. The average molecular weight is 452 g/mol. The van der Waals surface area contributed by atoms with Gasteiger partial charge in [-0.05, 0) is 54.7 Å². The topological polar surface area (TPSA) is 68.2 Å². The molecule has 1 fully saturated rings. The molecule has 1 N–H and O–H groups in total. The number of likely N-dealkylation sites (tertiary alicyclic amines) is 1. The first-order valence-electron chi connectivity index (χ1n) is 11.5. The van der Waals surface area contributed by atoms with Crippen molar-refractivity contribution in [2.45, 2.75) is 39.2 Å². The second-order valence-electron chi connectivity index (χ2n) is 9.40. The third-order valence-corrected chi connectivity index (χ3v) is 6.57. The minimum absolute atomic E-state index is 0.164. The molecule has 3 atom stereocenters. The molecule has 0 aromatic heterocycles. The summed E-state index contributed by atoms with van der Waals surface area (Å²) >= 11 is 0. The van der Waals surface area contributed by atoms with Gasteiger partial charge < -0.3 is 19.3 Å². The van der Waals surface area contributed by atoms with Crippen LogP contribution in [0.15, 0.2) is 54.1 Å². The largest absolute Gasteiger partial charge is 0.497 e. The summed E-state index contributed by atoms with van der Waals surface area (Å²) in [5.74, 6) is 1.20. The maximum Gasteiger partial charge on any atom is 0.309 e. The molecule has 6 heteroatoms. The Kier molecular flexibility index (Phi) is 6.94. The fraction of sp³-hybridized carbons (Fsp3) is 0.444. The number of aliphatic carboxylic acids is 1. The summed E-state index contributed by atoms with van der Waals surface area (Å²) in [6.45, 7) is 8.14. The lowest BCUT2D eigenvalue weighted by molar-refractivity contribution is -0.143. The monoisotopic (exact) mass is 451 g/mol. The number of hydrogen-bond acceptors (Lipinski definition) is 5. The lowest BCUT2D eigenvalue weighted by atomic mass is 9.82. The zero-order chi connectivity index (χ0) is 23.5. The summed E-state index contributed by atoms with van der Waals surface area (Å²) < 4.78 is 16.3. The van der Waals surface area contributed by atoms with Gasteiger partial charge in [-0.25, -0.2) is 0 Å². The molecule has 0 bridgehead atoms. The number of nitrogens with zero attached hydrogens (tertiary/aromatic N) is 1. The van der Waals surface area contributed by atoms with Gasteiger partial charge in [-0.1, -0.05) is 43.7 Å². The molecule has 0 radical (unpaired) electrons. The normalized spacial score (nSPS) is 22.7. The van der Waals surface area contributed by atoms with Gasteiger partial charge >= 0.3 is 5.97 Å². The maximum absolute atomic E-state index is 12.6. The molecule has 0 amide bonds. The van der Waals surface area contributed by atoms with Crippen molar-refractivity contribution in [3.63, 3.8) is 0 Å². The van der Waals surface area contributed by atoms with Gasteiger partial charge in [0.2, 0.25) is 6.79 Å². The van der Waals surface area contributed by atoms with E-state index in [0.717, 1.165) is 23.3 Å². The van der Waals surface area contributed by atoms with Gasteiger partial charge in [-0.2, -0.15) is 0 Å². The van der Waals surface area contributed by atoms with Gasteiger partial charge in [0, 0.05) is 25.0 Å². The fourth-order valence-corrected chi connectivity index (χ4v) is 5.10. The molecule has 2 heterocycles. The summed E-state index contributed by atoms with van der Waals surface area (Å²) in [6.07, 6.45) is 3.28. The molecular formula is C27H33NO5. The van der Waals surface area contributed by atoms with Crippen molar-refractivity contribution in [2.75, 3.05) is 27.0 Å². The highest BCUT2D eigenvalue weighted by atomic mass is 16.7. The first kappa shape index (κ1) is 23.2. The number of benzene rings is 2. The molecule has 0 aliphatic carbocycles. The third kappa shape index (κ3) is 5.01. The third-order valence-electron chi connectivity index (χ3n) is 6.57. The van der Waals surface area contributed by atoms with Crippen LogP contribution in [0.25, 0.3) is 0 Å². The molecule has 2 aliphatic heterocycles. The van der Waals surface area contributed by atoms with Crippen LogP contribution < -0.4 is 14.2 Å². The van der Waals surface area contributed by atoms with Crippen molar-refractivity contribution in [3.8, 4) is 17.2 Å². The molecule has 0 spiro atoms. The van der Waals surface area contributed by atoms with E-state index in [1.54, 1.807) is 7.11 Å². The molecule has 33 heavy (non-hydrogen) atoms. The number of rotatable bonds is 8. The molecule has 2 aromatic rings. The van der Waals surface area contributed by atoms with E-state index in [-0.39, 0.29) is 18.8 Å². The molecular weight excluding hydrogens is 418 g/mol. The number of fused-ring (bicyclic) bond motifs is 1. The number of carboxylic acid groups (broad SMARTS) is 1. The summed E-state index contributed by atoms with van der Waals surface area (Å²) in [5.41, 5.74) is 3.29. The van der Waals surface area contributed by atoms with Crippen molar-refractivity contribution in [1.29, 1.82) is 0 Å². The van der Waals surface area contributed by atoms with E-state index < -0.39 is 11.9 Å². The number of methoxy groups -OCH3 is 1. The van der Waals surface area contributed by atoms with Crippen molar-refractivity contribution < 1.29 is 24.1 Å². The molecule has 176 valence electrons. The highest BCUT2D eigenvalue weighted by Gasteiger charge is 2.47. The number of hydrogen-bond donors (Lipinski definition) is 1. The van der Waals surface area contributed by atoms with Gasteiger partial charge in [0.25, 0.3) is 0 Å². The summed E-state index contributed by atoms with van der Waals surface area (Å²) in [6, 6.07) is 13.3. The van der Waals surface area contributed by atoms with Gasteiger partial charge in [-0.15, -0.1) is 0 Å². The lowest BCUT2D eigenvalue weighted by Crippen LogP contribution is -2.29. The number of allylic oxidation sites excluding steroid dienone is 1. The second-order valence-corrected chi connectivity index (χ2v) is 9.40. The Labute approximate surface area is 195 Å². The summed E-state index contributed by atoms with van der Waals surface area (Å²) in [5, 5.41) is 10.4. The maximum atomic E-state index is 12.6. The minimum atomic E-state index is -0.788. The van der Waals surface area contributed by atoms with Crippen molar-refractivity contribution >= 4 is 5.97 Å². The first-order valence-corrected chi connectivity index (χ1v) is 11.5. The van der Waals surface area contributed by atoms with Crippen LogP contribution in [0, 0.1) is 11.8 Å². The van der Waals surface area contributed by atoms with Crippen LogP contribution in [0.1, 0.15) is 50.3 Å². The summed E-state index contributed by atoms with van der Waals surface area (Å²) in [4.78, 5) is 14.9. The number of ether oxygens (including phenoxy) is 3. The summed E-state index contributed by atoms with van der Waals surface area (Å²) in [7, 11) is 1.63. The molecule has 6 nitrogen and oxygen atoms in total. The van der Waals surface area contributed by atoms with Crippen LogP contribution in [0.2, 0.25) is 0 Å². The molecule has 0 saturated carbocycles. The Morgan fingerprint density at radius 2 is 1.85 bits per heavy atom. The SMILES string of the molecule is COc1ccc([C@@H]2[C@@H](C(=O)O)[C@@H](c3ccc4c(c3)OCO4)CN2CC=C(C)CC(C)C)cc1. The van der Waals surface area contributed by atoms with Gasteiger partial charge in [0.15, 0.2) is 11.5 Å². The number of carbonyl (C=O) groups is 1. The Balaban J connectivity index is 1.70. The highest BCUT2D eigenvalue weighted by molar-refractivity contribution is 5.74. The second kappa shape index (κ2) is 9.87. The van der Waals surface area contributed by atoms with Crippen LogP contribution in [-0.2, 0) is 4.79 Å². The molecule has 1 saturated heterocycles. The lowest BCUT2D eigenvalue weighted by Gasteiger charge is -2.27. The quantitative estimate of drug-likeness (QED) is 0.553.